The fourth-order valence-corrected chi connectivity index (χ4v) is 2.12. The number of nitrogens with one attached hydrogen (secondary N) is 1. The fraction of sp³-hybridized carbons (Fsp3) is 0.429. The van der Waals surface area contributed by atoms with Crippen molar-refractivity contribution in [1.82, 2.24) is 5.32 Å². The highest BCUT2D eigenvalue weighted by molar-refractivity contribution is 6.76. The molecule has 116 valence electrons. The van der Waals surface area contributed by atoms with Gasteiger partial charge in [-0.2, -0.15) is 0 Å². The molecule has 0 aliphatic rings. The van der Waals surface area contributed by atoms with Crippen LogP contribution in [0, 0.1) is 0 Å². The van der Waals surface area contributed by atoms with E-state index < -0.39 is 14.2 Å². The fourth-order valence-electron chi connectivity index (χ4n) is 1.48. The first-order chi connectivity index (χ1) is 9.69. The van der Waals surface area contributed by atoms with Gasteiger partial charge in [-0.25, -0.2) is 4.79 Å². The van der Waals surface area contributed by atoms with Crippen molar-refractivity contribution in [3.05, 3.63) is 34.3 Å². The Kier molecular flexibility index (Phi) is 6.23. The third-order valence-electron chi connectivity index (χ3n) is 2.59. The molecule has 0 fully saturated rings. The van der Waals surface area contributed by atoms with Gasteiger partial charge in [-0.15, -0.1) is 0 Å². The van der Waals surface area contributed by atoms with Crippen LogP contribution in [0.4, 0.5) is 4.79 Å². The van der Waals surface area contributed by atoms with E-state index in [1.807, 2.05) is 19.1 Å². The molecule has 0 saturated heterocycles. The van der Waals surface area contributed by atoms with Gasteiger partial charge >= 0.3 is 6.09 Å². The summed E-state index contributed by atoms with van der Waals surface area (Å²) in [7, 11) is -1.30. The molecule has 0 aliphatic carbocycles. The van der Waals surface area contributed by atoms with Gasteiger partial charge in [0, 0.05) is 11.6 Å². The lowest BCUT2D eigenvalue weighted by molar-refractivity contribution is 0.186. The Bertz CT molecular complexity index is 542. The van der Waals surface area contributed by atoms with Crippen LogP contribution in [0.1, 0.15) is 18.1 Å². The van der Waals surface area contributed by atoms with Crippen molar-refractivity contribution in [2.24, 2.45) is 5.16 Å². The van der Waals surface area contributed by atoms with Crippen LogP contribution in [0.3, 0.4) is 0 Å². The van der Waals surface area contributed by atoms with Crippen LogP contribution in [0.25, 0.3) is 0 Å². The number of halogens is 1. The van der Waals surface area contributed by atoms with Crippen LogP contribution in [-0.4, -0.2) is 31.2 Å². The van der Waals surface area contributed by atoms with Crippen molar-refractivity contribution < 1.29 is 14.7 Å². The summed E-state index contributed by atoms with van der Waals surface area (Å²) >= 11 is 6.05. The maximum absolute atomic E-state index is 10.5. The Hall–Kier alpha value is -1.53. The molecule has 0 atom stereocenters. The predicted molar refractivity (Wildman–Crippen MR) is 87.8 cm³/mol. The molecule has 0 bridgehead atoms. The highest BCUT2D eigenvalue weighted by atomic mass is 35.5. The van der Waals surface area contributed by atoms with Gasteiger partial charge in [-0.05, 0) is 30.2 Å². The predicted octanol–water partition coefficient (Wildman–Crippen LogP) is 3.73. The first kappa shape index (κ1) is 17.5. The number of nitrogens with zero attached hydrogens (tertiary/aromatic N) is 1. The summed E-state index contributed by atoms with van der Waals surface area (Å²) in [6.07, 6.45) is -0.425. The Balaban J connectivity index is 2.80. The van der Waals surface area contributed by atoms with Crippen molar-refractivity contribution in [1.29, 1.82) is 0 Å². The summed E-state index contributed by atoms with van der Waals surface area (Å²) < 4.78 is 0. The number of hydrogen-bond acceptors (Lipinski definition) is 3. The molecule has 0 aliphatic heterocycles. The molecule has 1 rings (SSSR count). The van der Waals surface area contributed by atoms with Crippen LogP contribution >= 0.6 is 11.6 Å². The van der Waals surface area contributed by atoms with Crippen molar-refractivity contribution in [2.75, 3.05) is 6.23 Å². The molecule has 5 nitrogen and oxygen atoms in total. The van der Waals surface area contributed by atoms with Crippen molar-refractivity contribution in [2.45, 2.75) is 33.1 Å². The minimum Gasteiger partial charge on any atom is -0.465 e. The van der Waals surface area contributed by atoms with E-state index in [0.717, 1.165) is 11.3 Å². The highest BCUT2D eigenvalue weighted by Gasteiger charge is 2.14. The first-order valence-corrected chi connectivity index (χ1v) is 10.7. The third-order valence-corrected chi connectivity index (χ3v) is 3.96. The zero-order chi connectivity index (χ0) is 16.0. The van der Waals surface area contributed by atoms with Gasteiger partial charge in [0.15, 0.2) is 0 Å². The molecule has 0 heterocycles. The van der Waals surface area contributed by atoms with Crippen LogP contribution in [-0.2, 0) is 11.4 Å². The van der Waals surface area contributed by atoms with Gasteiger partial charge in [-0.1, -0.05) is 42.5 Å². The SMILES string of the molecule is CC(=NOC[Si](C)(C)C)c1ccc(Cl)c(CNC(=O)O)c1. The van der Waals surface area contributed by atoms with E-state index in [1.54, 1.807) is 6.07 Å². The summed E-state index contributed by atoms with van der Waals surface area (Å²) in [5.41, 5.74) is 2.30. The number of benzene rings is 1. The second kappa shape index (κ2) is 7.47. The van der Waals surface area contributed by atoms with Gasteiger partial charge in [-0.3, -0.25) is 0 Å². The molecule has 0 unspecified atom stereocenters. The molecule has 1 aromatic carbocycles. The quantitative estimate of drug-likeness (QED) is 0.475. The molecule has 1 aromatic rings. The van der Waals surface area contributed by atoms with Gasteiger partial charge in [0.25, 0.3) is 0 Å². The highest BCUT2D eigenvalue weighted by Crippen LogP contribution is 2.18. The summed E-state index contributed by atoms with van der Waals surface area (Å²) in [6.45, 7) is 8.62. The molecule has 1 amide bonds. The average molecular weight is 329 g/mol. The monoisotopic (exact) mass is 328 g/mol. The molecule has 0 spiro atoms. The molecule has 0 aromatic heterocycles. The maximum Gasteiger partial charge on any atom is 0.404 e. The topological polar surface area (TPSA) is 70.9 Å². The van der Waals surface area contributed by atoms with E-state index in [9.17, 15) is 4.79 Å². The molecular formula is C14H21ClN2O3Si. The molecular weight excluding hydrogens is 308 g/mol. The standard InChI is InChI=1S/C14H21ClN2O3Si/c1-10(17-20-9-21(2,3)4)11-5-6-13(15)12(7-11)8-16-14(18)19/h5-7,16H,8-9H2,1-4H3,(H,18,19). The number of hydrogen-bond donors (Lipinski definition) is 2. The minimum atomic E-state index is -1.30. The van der Waals surface area contributed by atoms with E-state index in [0.29, 0.717) is 16.8 Å². The summed E-state index contributed by atoms with van der Waals surface area (Å²) in [4.78, 5) is 15.9. The van der Waals surface area contributed by atoms with Crippen LogP contribution in [0.15, 0.2) is 23.4 Å². The average Bonchev–Trinajstić information content (AvgIpc) is 2.35. The first-order valence-electron chi connectivity index (χ1n) is 6.61. The number of oxime groups is 1. The zero-order valence-electron chi connectivity index (χ0n) is 12.7. The Labute approximate surface area is 131 Å². The lowest BCUT2D eigenvalue weighted by Crippen LogP contribution is -2.27. The molecule has 0 saturated carbocycles. The molecule has 0 radical (unpaired) electrons. The second-order valence-corrected chi connectivity index (χ2v) is 11.8. The Morgan fingerprint density at radius 3 is 2.67 bits per heavy atom. The zero-order valence-corrected chi connectivity index (χ0v) is 14.5. The number of amides is 1. The van der Waals surface area contributed by atoms with E-state index in [1.165, 1.54) is 0 Å². The molecule has 2 N–H and O–H groups in total. The van der Waals surface area contributed by atoms with E-state index in [4.69, 9.17) is 21.5 Å². The van der Waals surface area contributed by atoms with Crippen molar-refractivity contribution in [3.8, 4) is 0 Å². The van der Waals surface area contributed by atoms with Gasteiger partial charge in [0.2, 0.25) is 0 Å². The van der Waals surface area contributed by atoms with Crippen LogP contribution in [0.2, 0.25) is 24.7 Å². The van der Waals surface area contributed by atoms with E-state index in [-0.39, 0.29) is 6.54 Å². The van der Waals surface area contributed by atoms with Crippen LogP contribution in [0.5, 0.6) is 0 Å². The number of carbonyl (C=O) groups is 1. The maximum atomic E-state index is 10.5. The second-order valence-electron chi connectivity index (χ2n) is 5.98. The third kappa shape index (κ3) is 6.64. The number of carboxylic acid groups (broad SMARTS) is 1. The summed E-state index contributed by atoms with van der Waals surface area (Å²) in [5, 5.41) is 15.6. The lowest BCUT2D eigenvalue weighted by atomic mass is 10.1. The van der Waals surface area contributed by atoms with Gasteiger partial charge < -0.3 is 15.3 Å². The van der Waals surface area contributed by atoms with E-state index >= 15 is 0 Å². The van der Waals surface area contributed by atoms with Gasteiger partial charge in [0.05, 0.1) is 13.8 Å². The molecule has 21 heavy (non-hydrogen) atoms. The van der Waals surface area contributed by atoms with Gasteiger partial charge in [0.1, 0.15) is 6.23 Å². The normalized spacial score (nSPS) is 12.1. The largest absolute Gasteiger partial charge is 0.465 e. The number of rotatable bonds is 6. The minimum absolute atomic E-state index is 0.158. The Morgan fingerprint density at radius 1 is 1.43 bits per heavy atom. The smallest absolute Gasteiger partial charge is 0.404 e. The van der Waals surface area contributed by atoms with Crippen LogP contribution < -0.4 is 5.32 Å². The Morgan fingerprint density at radius 2 is 2.10 bits per heavy atom. The molecule has 7 heteroatoms. The summed E-state index contributed by atoms with van der Waals surface area (Å²) in [6, 6.07) is 5.38. The lowest BCUT2D eigenvalue weighted by Gasteiger charge is -2.13. The van der Waals surface area contributed by atoms with Crippen molar-refractivity contribution >= 4 is 31.5 Å². The van der Waals surface area contributed by atoms with Crippen molar-refractivity contribution in [3.63, 3.8) is 0 Å². The van der Waals surface area contributed by atoms with E-state index in [2.05, 4.69) is 30.1 Å². The summed E-state index contributed by atoms with van der Waals surface area (Å²) in [5.74, 6) is 0.